The first-order valence-corrected chi connectivity index (χ1v) is 8.71. The first kappa shape index (κ1) is 18.1. The fraction of sp³-hybridized carbons (Fsp3) is 0.381. The van der Waals surface area contributed by atoms with E-state index in [1.54, 1.807) is 12.1 Å². The minimum atomic E-state index is -0.105. The molecule has 0 spiro atoms. The molecule has 1 amide bonds. The van der Waals surface area contributed by atoms with Crippen molar-refractivity contribution < 1.29 is 9.53 Å². The van der Waals surface area contributed by atoms with Gasteiger partial charge in [0.1, 0.15) is 5.75 Å². The second-order valence-corrected chi connectivity index (χ2v) is 6.48. The third kappa shape index (κ3) is 5.73. The fourth-order valence-electron chi connectivity index (χ4n) is 2.30. The second kappa shape index (κ2) is 9.11. The average molecular weight is 325 g/mol. The summed E-state index contributed by atoms with van der Waals surface area (Å²) in [5, 5.41) is 2.93. The number of nitrogens with one attached hydrogen (secondary N) is 1. The molecular weight excluding hydrogens is 298 g/mol. The number of rotatable bonds is 8. The highest BCUT2D eigenvalue weighted by molar-refractivity contribution is 6.04. The maximum absolute atomic E-state index is 12.3. The lowest BCUT2D eigenvalue weighted by atomic mass is 10.1. The standard InChI is InChI=1S/C21H27NO2/c1-4-5-6-17-7-11-19(12-8-17)22-21(23)18-9-13-20(14-10-18)24-15-16(2)3/h7-14,16H,4-6,15H2,1-3H3,(H,22,23). The van der Waals surface area contributed by atoms with E-state index >= 15 is 0 Å². The monoisotopic (exact) mass is 325 g/mol. The molecule has 128 valence electrons. The summed E-state index contributed by atoms with van der Waals surface area (Å²) in [5.74, 6) is 1.17. The van der Waals surface area contributed by atoms with Gasteiger partial charge in [-0.15, -0.1) is 0 Å². The minimum Gasteiger partial charge on any atom is -0.493 e. The van der Waals surface area contributed by atoms with Crippen LogP contribution in [0.4, 0.5) is 5.69 Å². The Bertz CT molecular complexity index is 630. The lowest BCUT2D eigenvalue weighted by molar-refractivity contribution is 0.102. The highest BCUT2D eigenvalue weighted by Gasteiger charge is 2.07. The molecular formula is C21H27NO2. The first-order chi connectivity index (χ1) is 11.6. The first-order valence-electron chi connectivity index (χ1n) is 8.71. The summed E-state index contributed by atoms with van der Waals surface area (Å²) >= 11 is 0. The Morgan fingerprint density at radius 2 is 1.71 bits per heavy atom. The van der Waals surface area contributed by atoms with Crippen molar-refractivity contribution >= 4 is 11.6 Å². The van der Waals surface area contributed by atoms with Crippen LogP contribution in [0.15, 0.2) is 48.5 Å². The van der Waals surface area contributed by atoms with Crippen molar-refractivity contribution in [3.63, 3.8) is 0 Å². The molecule has 0 fully saturated rings. The van der Waals surface area contributed by atoms with Crippen LogP contribution in [0, 0.1) is 5.92 Å². The van der Waals surface area contributed by atoms with E-state index in [-0.39, 0.29) is 5.91 Å². The van der Waals surface area contributed by atoms with E-state index in [1.165, 1.54) is 18.4 Å². The van der Waals surface area contributed by atoms with Gasteiger partial charge >= 0.3 is 0 Å². The normalized spacial score (nSPS) is 10.7. The van der Waals surface area contributed by atoms with Crippen molar-refractivity contribution in [2.45, 2.75) is 40.0 Å². The van der Waals surface area contributed by atoms with Gasteiger partial charge in [0, 0.05) is 11.3 Å². The number of aryl methyl sites for hydroxylation is 1. The molecule has 0 aliphatic rings. The number of hydrogen-bond donors (Lipinski definition) is 1. The molecule has 0 heterocycles. The maximum atomic E-state index is 12.3. The molecule has 2 aromatic rings. The van der Waals surface area contributed by atoms with Crippen molar-refractivity contribution in [1.29, 1.82) is 0 Å². The Labute approximate surface area is 145 Å². The summed E-state index contributed by atoms with van der Waals surface area (Å²) in [4.78, 5) is 12.3. The van der Waals surface area contributed by atoms with Crippen molar-refractivity contribution in [2.75, 3.05) is 11.9 Å². The van der Waals surface area contributed by atoms with Gasteiger partial charge in [-0.1, -0.05) is 39.3 Å². The van der Waals surface area contributed by atoms with E-state index in [1.807, 2.05) is 24.3 Å². The number of benzene rings is 2. The van der Waals surface area contributed by atoms with Gasteiger partial charge in [-0.3, -0.25) is 4.79 Å². The number of anilines is 1. The summed E-state index contributed by atoms with van der Waals surface area (Å²) in [7, 11) is 0. The smallest absolute Gasteiger partial charge is 0.255 e. The summed E-state index contributed by atoms with van der Waals surface area (Å²) in [6.45, 7) is 7.08. The van der Waals surface area contributed by atoms with Gasteiger partial charge in [0.25, 0.3) is 5.91 Å². The van der Waals surface area contributed by atoms with Crippen LogP contribution in [-0.4, -0.2) is 12.5 Å². The van der Waals surface area contributed by atoms with Gasteiger partial charge in [-0.05, 0) is 60.7 Å². The third-order valence-electron chi connectivity index (χ3n) is 3.73. The number of carbonyl (C=O) groups is 1. The number of ether oxygens (including phenoxy) is 1. The molecule has 3 heteroatoms. The molecule has 3 nitrogen and oxygen atoms in total. The van der Waals surface area contributed by atoms with E-state index in [2.05, 4.69) is 38.2 Å². The van der Waals surface area contributed by atoms with Gasteiger partial charge in [0.05, 0.1) is 6.61 Å². The van der Waals surface area contributed by atoms with Gasteiger partial charge in [-0.25, -0.2) is 0 Å². The zero-order valence-electron chi connectivity index (χ0n) is 14.8. The molecule has 0 bridgehead atoms. The molecule has 24 heavy (non-hydrogen) atoms. The van der Waals surface area contributed by atoms with Crippen LogP contribution < -0.4 is 10.1 Å². The lowest BCUT2D eigenvalue weighted by Crippen LogP contribution is -2.12. The predicted octanol–water partition coefficient (Wildman–Crippen LogP) is 5.32. The number of hydrogen-bond acceptors (Lipinski definition) is 2. The molecule has 0 aromatic heterocycles. The van der Waals surface area contributed by atoms with Crippen LogP contribution >= 0.6 is 0 Å². The SMILES string of the molecule is CCCCc1ccc(NC(=O)c2ccc(OCC(C)C)cc2)cc1. The quantitative estimate of drug-likeness (QED) is 0.713. The molecule has 1 N–H and O–H groups in total. The molecule has 0 saturated heterocycles. The Hall–Kier alpha value is -2.29. The molecule has 0 aliphatic heterocycles. The van der Waals surface area contributed by atoms with Gasteiger partial charge in [-0.2, -0.15) is 0 Å². The zero-order chi connectivity index (χ0) is 17.4. The van der Waals surface area contributed by atoms with Crippen LogP contribution in [0.3, 0.4) is 0 Å². The highest BCUT2D eigenvalue weighted by Crippen LogP contribution is 2.16. The largest absolute Gasteiger partial charge is 0.493 e. The molecule has 0 atom stereocenters. The maximum Gasteiger partial charge on any atom is 0.255 e. The Kier molecular flexibility index (Phi) is 6.86. The molecule has 2 rings (SSSR count). The molecule has 2 aromatic carbocycles. The van der Waals surface area contributed by atoms with Crippen LogP contribution in [0.2, 0.25) is 0 Å². The molecule has 0 radical (unpaired) electrons. The summed E-state index contributed by atoms with van der Waals surface area (Å²) in [6, 6.07) is 15.3. The van der Waals surface area contributed by atoms with Crippen molar-refractivity contribution in [3.8, 4) is 5.75 Å². The fourth-order valence-corrected chi connectivity index (χ4v) is 2.30. The van der Waals surface area contributed by atoms with Crippen LogP contribution in [0.25, 0.3) is 0 Å². The summed E-state index contributed by atoms with van der Waals surface area (Å²) in [5.41, 5.74) is 2.75. The van der Waals surface area contributed by atoms with Crippen LogP contribution in [0.1, 0.15) is 49.5 Å². The van der Waals surface area contributed by atoms with E-state index in [9.17, 15) is 4.79 Å². The van der Waals surface area contributed by atoms with Crippen molar-refractivity contribution in [3.05, 3.63) is 59.7 Å². The summed E-state index contributed by atoms with van der Waals surface area (Å²) in [6.07, 6.45) is 3.47. The highest BCUT2D eigenvalue weighted by atomic mass is 16.5. The number of carbonyl (C=O) groups excluding carboxylic acids is 1. The minimum absolute atomic E-state index is 0.105. The van der Waals surface area contributed by atoms with Gasteiger partial charge in [0.15, 0.2) is 0 Å². The van der Waals surface area contributed by atoms with Crippen molar-refractivity contribution in [2.24, 2.45) is 5.92 Å². The van der Waals surface area contributed by atoms with E-state index < -0.39 is 0 Å². The average Bonchev–Trinajstić information content (AvgIpc) is 2.59. The third-order valence-corrected chi connectivity index (χ3v) is 3.73. The van der Waals surface area contributed by atoms with Gasteiger partial charge in [0.2, 0.25) is 0 Å². The Balaban J connectivity index is 1.91. The Morgan fingerprint density at radius 3 is 2.29 bits per heavy atom. The van der Waals surface area contributed by atoms with E-state index in [4.69, 9.17) is 4.74 Å². The topological polar surface area (TPSA) is 38.3 Å². The Morgan fingerprint density at radius 1 is 1.04 bits per heavy atom. The van der Waals surface area contributed by atoms with E-state index in [0.717, 1.165) is 17.9 Å². The van der Waals surface area contributed by atoms with Crippen LogP contribution in [-0.2, 0) is 6.42 Å². The summed E-state index contributed by atoms with van der Waals surface area (Å²) < 4.78 is 5.63. The second-order valence-electron chi connectivity index (χ2n) is 6.48. The number of unbranched alkanes of at least 4 members (excludes halogenated alkanes) is 1. The van der Waals surface area contributed by atoms with E-state index in [0.29, 0.717) is 18.1 Å². The predicted molar refractivity (Wildman–Crippen MR) is 99.8 cm³/mol. The van der Waals surface area contributed by atoms with Crippen molar-refractivity contribution in [1.82, 2.24) is 0 Å². The molecule has 0 aliphatic carbocycles. The lowest BCUT2D eigenvalue weighted by Gasteiger charge is -2.10. The number of amides is 1. The zero-order valence-corrected chi connectivity index (χ0v) is 14.8. The molecule has 0 saturated carbocycles. The van der Waals surface area contributed by atoms with Gasteiger partial charge < -0.3 is 10.1 Å². The molecule has 0 unspecified atom stereocenters. The van der Waals surface area contributed by atoms with Crippen LogP contribution in [0.5, 0.6) is 5.75 Å².